The van der Waals surface area contributed by atoms with Gasteiger partial charge in [-0.25, -0.2) is 0 Å². The van der Waals surface area contributed by atoms with Gasteiger partial charge < -0.3 is 10.5 Å². The quantitative estimate of drug-likeness (QED) is 0.672. The molecule has 0 spiro atoms. The molecule has 1 aliphatic carbocycles. The van der Waals surface area contributed by atoms with Crippen LogP contribution in [0.3, 0.4) is 0 Å². The van der Waals surface area contributed by atoms with Crippen LogP contribution in [0.2, 0.25) is 0 Å². The lowest BCUT2D eigenvalue weighted by Gasteiger charge is -2.12. The van der Waals surface area contributed by atoms with Crippen LogP contribution in [-0.2, 0) is 4.74 Å². The molecule has 2 N–H and O–H groups in total. The van der Waals surface area contributed by atoms with Gasteiger partial charge in [0.1, 0.15) is 0 Å². The van der Waals surface area contributed by atoms with E-state index in [1.54, 1.807) is 0 Å². The molecule has 2 nitrogen and oxygen atoms in total. The summed E-state index contributed by atoms with van der Waals surface area (Å²) in [6.07, 6.45) is 0.324. The zero-order valence-corrected chi connectivity index (χ0v) is 7.92. The number of rotatable bonds is 3. The van der Waals surface area contributed by atoms with Crippen LogP contribution in [0.25, 0.3) is 0 Å². The summed E-state index contributed by atoms with van der Waals surface area (Å²) >= 11 is 0. The maximum Gasteiger partial charge on any atom is 0.0595 e. The molecule has 1 aliphatic rings. The highest BCUT2D eigenvalue weighted by molar-refractivity contribution is 5.11. The SMILES string of the molecule is CCOC(C)[C@H]1[C@H](N)C1(C)C. The lowest BCUT2D eigenvalue weighted by atomic mass is 10.1. The first kappa shape index (κ1) is 9.01. The second kappa shape index (κ2) is 2.76. The van der Waals surface area contributed by atoms with E-state index < -0.39 is 0 Å². The Kier molecular flexibility index (Phi) is 2.26. The van der Waals surface area contributed by atoms with Crippen molar-refractivity contribution in [2.45, 2.75) is 39.8 Å². The second-order valence-corrected chi connectivity index (χ2v) is 4.03. The summed E-state index contributed by atoms with van der Waals surface area (Å²) in [6, 6.07) is 0.337. The van der Waals surface area contributed by atoms with Crippen LogP contribution in [0.4, 0.5) is 0 Å². The maximum absolute atomic E-state index is 5.90. The van der Waals surface area contributed by atoms with Gasteiger partial charge in [0, 0.05) is 18.6 Å². The monoisotopic (exact) mass is 157 g/mol. The summed E-state index contributed by atoms with van der Waals surface area (Å²) < 4.78 is 5.49. The lowest BCUT2D eigenvalue weighted by Crippen LogP contribution is -2.16. The van der Waals surface area contributed by atoms with Gasteiger partial charge in [-0.2, -0.15) is 0 Å². The van der Waals surface area contributed by atoms with Gasteiger partial charge in [0.15, 0.2) is 0 Å². The predicted molar refractivity (Wildman–Crippen MR) is 46.3 cm³/mol. The molecule has 0 heterocycles. The molecule has 0 aliphatic heterocycles. The Morgan fingerprint density at radius 1 is 1.55 bits per heavy atom. The average Bonchev–Trinajstić information content (AvgIpc) is 2.34. The Labute approximate surface area is 69.1 Å². The van der Waals surface area contributed by atoms with E-state index >= 15 is 0 Å². The Balaban J connectivity index is 2.40. The van der Waals surface area contributed by atoms with Crippen molar-refractivity contribution in [3.63, 3.8) is 0 Å². The van der Waals surface area contributed by atoms with Crippen molar-refractivity contribution in [3.05, 3.63) is 0 Å². The van der Waals surface area contributed by atoms with Crippen LogP contribution in [0.1, 0.15) is 27.7 Å². The van der Waals surface area contributed by atoms with Gasteiger partial charge in [-0.3, -0.25) is 0 Å². The number of hydrogen-bond donors (Lipinski definition) is 1. The Morgan fingerprint density at radius 3 is 2.27 bits per heavy atom. The van der Waals surface area contributed by atoms with E-state index in [9.17, 15) is 0 Å². The molecule has 3 atom stereocenters. The van der Waals surface area contributed by atoms with Crippen LogP contribution < -0.4 is 5.73 Å². The van der Waals surface area contributed by atoms with E-state index in [2.05, 4.69) is 20.8 Å². The van der Waals surface area contributed by atoms with E-state index in [4.69, 9.17) is 10.5 Å². The molecule has 0 aromatic heterocycles. The minimum atomic E-state index is 0.300. The lowest BCUT2D eigenvalue weighted by molar-refractivity contribution is 0.0517. The molecular weight excluding hydrogens is 138 g/mol. The number of hydrogen-bond acceptors (Lipinski definition) is 2. The average molecular weight is 157 g/mol. The van der Waals surface area contributed by atoms with Gasteiger partial charge in [0.25, 0.3) is 0 Å². The van der Waals surface area contributed by atoms with Gasteiger partial charge in [-0.05, 0) is 19.3 Å². The molecule has 1 rings (SSSR count). The summed E-state index contributed by atoms with van der Waals surface area (Å²) in [6.45, 7) is 9.34. The molecule has 0 radical (unpaired) electrons. The fourth-order valence-corrected chi connectivity index (χ4v) is 1.98. The molecule has 1 saturated carbocycles. The first-order valence-corrected chi connectivity index (χ1v) is 4.39. The third-order valence-electron chi connectivity index (χ3n) is 2.93. The number of nitrogens with two attached hydrogens (primary N) is 1. The highest BCUT2D eigenvalue weighted by Crippen LogP contribution is 2.52. The third-order valence-corrected chi connectivity index (χ3v) is 2.93. The smallest absolute Gasteiger partial charge is 0.0595 e. The standard InChI is InChI=1S/C9H19NO/c1-5-11-6(2)7-8(10)9(7,3)4/h6-8H,5,10H2,1-4H3/t6?,7-,8-/m0/s1. The molecule has 0 saturated heterocycles. The van der Waals surface area contributed by atoms with Crippen LogP contribution in [-0.4, -0.2) is 18.8 Å². The normalized spacial score (nSPS) is 36.8. The molecule has 1 fully saturated rings. The first-order chi connectivity index (χ1) is 5.01. The Hall–Kier alpha value is -0.0800. The first-order valence-electron chi connectivity index (χ1n) is 4.39. The van der Waals surface area contributed by atoms with E-state index in [0.717, 1.165) is 6.61 Å². The van der Waals surface area contributed by atoms with Crippen molar-refractivity contribution in [2.75, 3.05) is 6.61 Å². The minimum Gasteiger partial charge on any atom is -0.378 e. The van der Waals surface area contributed by atoms with Crippen molar-refractivity contribution in [3.8, 4) is 0 Å². The molecule has 0 aromatic carbocycles. The van der Waals surface area contributed by atoms with Crippen LogP contribution in [0.15, 0.2) is 0 Å². The van der Waals surface area contributed by atoms with Gasteiger partial charge >= 0.3 is 0 Å². The van der Waals surface area contributed by atoms with Gasteiger partial charge in [0.05, 0.1) is 6.10 Å². The minimum absolute atomic E-state index is 0.300. The largest absolute Gasteiger partial charge is 0.378 e. The summed E-state index contributed by atoms with van der Waals surface area (Å²) in [5.74, 6) is 0.558. The van der Waals surface area contributed by atoms with E-state index in [-0.39, 0.29) is 0 Å². The van der Waals surface area contributed by atoms with E-state index in [1.807, 2.05) is 6.92 Å². The highest BCUT2D eigenvalue weighted by Gasteiger charge is 2.58. The van der Waals surface area contributed by atoms with Crippen molar-refractivity contribution in [2.24, 2.45) is 17.1 Å². The van der Waals surface area contributed by atoms with Crippen LogP contribution in [0.5, 0.6) is 0 Å². The molecule has 1 unspecified atom stereocenters. The fourth-order valence-electron chi connectivity index (χ4n) is 1.98. The summed E-state index contributed by atoms with van der Waals surface area (Å²) in [4.78, 5) is 0. The van der Waals surface area contributed by atoms with Gasteiger partial charge in [-0.15, -0.1) is 0 Å². The zero-order valence-electron chi connectivity index (χ0n) is 7.92. The molecular formula is C9H19NO. The van der Waals surface area contributed by atoms with Gasteiger partial charge in [-0.1, -0.05) is 13.8 Å². The predicted octanol–water partition coefficient (Wildman–Crippen LogP) is 1.39. The van der Waals surface area contributed by atoms with Crippen LogP contribution >= 0.6 is 0 Å². The van der Waals surface area contributed by atoms with Crippen molar-refractivity contribution >= 4 is 0 Å². The highest BCUT2D eigenvalue weighted by atomic mass is 16.5. The van der Waals surface area contributed by atoms with Crippen molar-refractivity contribution in [1.82, 2.24) is 0 Å². The van der Waals surface area contributed by atoms with Crippen LogP contribution in [0, 0.1) is 11.3 Å². The molecule has 0 bridgehead atoms. The molecule has 11 heavy (non-hydrogen) atoms. The van der Waals surface area contributed by atoms with Crippen molar-refractivity contribution < 1.29 is 4.74 Å². The summed E-state index contributed by atoms with van der Waals surface area (Å²) in [5, 5.41) is 0. The second-order valence-electron chi connectivity index (χ2n) is 4.03. The number of ether oxygens (including phenoxy) is 1. The maximum atomic E-state index is 5.90. The van der Waals surface area contributed by atoms with Crippen molar-refractivity contribution in [1.29, 1.82) is 0 Å². The molecule has 0 amide bonds. The Morgan fingerprint density at radius 2 is 2.00 bits per heavy atom. The molecule has 0 aromatic rings. The third kappa shape index (κ3) is 1.42. The summed E-state index contributed by atoms with van der Waals surface area (Å²) in [7, 11) is 0. The van der Waals surface area contributed by atoms with E-state index in [0.29, 0.717) is 23.5 Å². The molecule has 2 heteroatoms. The molecule has 66 valence electrons. The topological polar surface area (TPSA) is 35.2 Å². The fraction of sp³-hybridized carbons (Fsp3) is 1.00. The summed E-state index contributed by atoms with van der Waals surface area (Å²) in [5.41, 5.74) is 6.20. The Bertz CT molecular complexity index is 144. The zero-order chi connectivity index (χ0) is 8.65. The van der Waals surface area contributed by atoms with Gasteiger partial charge in [0.2, 0.25) is 0 Å². The van der Waals surface area contributed by atoms with E-state index in [1.165, 1.54) is 0 Å².